The predicted octanol–water partition coefficient (Wildman–Crippen LogP) is 4.21. The summed E-state index contributed by atoms with van der Waals surface area (Å²) in [5.74, 6) is 0. The smallest absolute Gasteiger partial charge is 0.285 e. The van der Waals surface area contributed by atoms with E-state index >= 15 is 0 Å². The van der Waals surface area contributed by atoms with Gasteiger partial charge in [-0.3, -0.25) is 0 Å². The van der Waals surface area contributed by atoms with Crippen LogP contribution in [0.15, 0.2) is 69.3 Å². The van der Waals surface area contributed by atoms with Crippen LogP contribution in [0.2, 0.25) is 0 Å². The van der Waals surface area contributed by atoms with Crippen molar-refractivity contribution in [1.82, 2.24) is 4.57 Å². The minimum absolute atomic E-state index is 0.200. The number of benzene rings is 2. The molecule has 0 aliphatic rings. The van der Waals surface area contributed by atoms with E-state index in [4.69, 9.17) is 0 Å². The van der Waals surface area contributed by atoms with Crippen LogP contribution in [0.5, 0.6) is 0 Å². The molecule has 0 radical (unpaired) electrons. The molecule has 0 fully saturated rings. The van der Waals surface area contributed by atoms with Crippen molar-refractivity contribution >= 4 is 43.3 Å². The van der Waals surface area contributed by atoms with Crippen molar-refractivity contribution in [3.63, 3.8) is 0 Å². The summed E-state index contributed by atoms with van der Waals surface area (Å²) in [7, 11) is -3.76. The molecule has 4 nitrogen and oxygen atoms in total. The molecule has 0 saturated heterocycles. The number of aromatic nitrogens is 1. The summed E-state index contributed by atoms with van der Waals surface area (Å²) >= 11 is 3.03. The largest absolute Gasteiger partial charge is 0.312 e. The van der Waals surface area contributed by atoms with Crippen molar-refractivity contribution in [2.45, 2.75) is 23.3 Å². The molecule has 0 unspecified atom stereocenters. The molecular weight excluding hydrogens is 372 g/mol. The minimum atomic E-state index is -3.76. The molecule has 3 aromatic rings. The van der Waals surface area contributed by atoms with Gasteiger partial charge >= 0.3 is 0 Å². The van der Waals surface area contributed by atoms with Crippen LogP contribution in [0.1, 0.15) is 5.56 Å². The maximum Gasteiger partial charge on any atom is 0.285 e. The fraction of sp³-hybridized carbons (Fsp3) is 0.167. The summed E-state index contributed by atoms with van der Waals surface area (Å²) in [4.78, 5) is 1.78. The Balaban J connectivity index is 2.22. The Labute approximate surface area is 155 Å². The van der Waals surface area contributed by atoms with Gasteiger partial charge in [0.25, 0.3) is 10.0 Å². The zero-order valence-electron chi connectivity index (χ0n) is 14.0. The van der Waals surface area contributed by atoms with Crippen LogP contribution in [-0.4, -0.2) is 19.2 Å². The molecule has 7 heteroatoms. The minimum Gasteiger partial charge on any atom is -0.312 e. The number of rotatable bonds is 5. The molecular formula is C18H18N2O2S3. The highest BCUT2D eigenvalue weighted by molar-refractivity contribution is 7.98. The highest BCUT2D eigenvalue weighted by Crippen LogP contribution is 2.24. The van der Waals surface area contributed by atoms with Gasteiger partial charge in [0, 0.05) is 11.4 Å². The Kier molecular flexibility index (Phi) is 5.17. The van der Waals surface area contributed by atoms with Crippen molar-refractivity contribution in [3.8, 4) is 0 Å². The first-order valence-electron chi connectivity index (χ1n) is 7.60. The molecule has 0 bridgehead atoms. The third-order valence-corrected chi connectivity index (χ3v) is 6.88. The molecule has 1 aromatic heterocycles. The summed E-state index contributed by atoms with van der Waals surface area (Å²) in [5.41, 5.74) is 1.97. The third kappa shape index (κ3) is 3.73. The van der Waals surface area contributed by atoms with E-state index < -0.39 is 10.0 Å². The molecule has 0 aliphatic heterocycles. The van der Waals surface area contributed by atoms with Gasteiger partial charge in [-0.1, -0.05) is 35.1 Å². The average Bonchev–Trinajstić information content (AvgIpc) is 2.91. The Morgan fingerprint density at radius 1 is 1.24 bits per heavy atom. The molecule has 3 rings (SSSR count). The monoisotopic (exact) mass is 390 g/mol. The van der Waals surface area contributed by atoms with Gasteiger partial charge in [0.1, 0.15) is 0 Å². The third-order valence-electron chi connectivity index (χ3n) is 3.72. The van der Waals surface area contributed by atoms with Crippen LogP contribution in [0.3, 0.4) is 0 Å². The number of thioether (sulfide) groups is 1. The van der Waals surface area contributed by atoms with Gasteiger partial charge in [-0.05, 0) is 43.5 Å². The fourth-order valence-corrected chi connectivity index (χ4v) is 5.22. The Morgan fingerprint density at radius 2 is 1.96 bits per heavy atom. The molecule has 0 atom stereocenters. The van der Waals surface area contributed by atoms with E-state index in [0.29, 0.717) is 11.3 Å². The first-order valence-corrected chi connectivity index (χ1v) is 11.1. The Hall–Kier alpha value is -1.83. The molecule has 1 heterocycles. The number of hydrogen-bond donors (Lipinski definition) is 0. The first-order chi connectivity index (χ1) is 11.9. The maximum atomic E-state index is 12.7. The number of thiazole rings is 1. The van der Waals surface area contributed by atoms with E-state index in [2.05, 4.69) is 17.0 Å². The van der Waals surface area contributed by atoms with Crippen LogP contribution >= 0.6 is 23.1 Å². The van der Waals surface area contributed by atoms with Gasteiger partial charge < -0.3 is 4.57 Å². The summed E-state index contributed by atoms with van der Waals surface area (Å²) in [6, 6.07) is 12.8. The summed E-state index contributed by atoms with van der Waals surface area (Å²) in [6.45, 7) is 6.19. The van der Waals surface area contributed by atoms with Crippen molar-refractivity contribution in [2.75, 3.05) is 6.26 Å². The topological polar surface area (TPSA) is 51.4 Å². The van der Waals surface area contributed by atoms with Crippen LogP contribution in [-0.2, 0) is 16.6 Å². The van der Waals surface area contributed by atoms with Gasteiger partial charge in [0.2, 0.25) is 4.80 Å². The number of sulfonamides is 1. The van der Waals surface area contributed by atoms with Gasteiger partial charge in [0.15, 0.2) is 0 Å². The van der Waals surface area contributed by atoms with Gasteiger partial charge in [-0.25, -0.2) is 0 Å². The van der Waals surface area contributed by atoms with Crippen LogP contribution < -0.4 is 4.80 Å². The van der Waals surface area contributed by atoms with E-state index in [1.165, 1.54) is 11.3 Å². The van der Waals surface area contributed by atoms with E-state index in [1.807, 2.05) is 29.9 Å². The molecule has 0 amide bonds. The molecule has 25 heavy (non-hydrogen) atoms. The number of hydrogen-bond acceptors (Lipinski definition) is 4. The Bertz CT molecular complexity index is 1090. The van der Waals surface area contributed by atoms with E-state index in [9.17, 15) is 8.42 Å². The van der Waals surface area contributed by atoms with Crippen molar-refractivity contribution in [1.29, 1.82) is 0 Å². The number of allylic oxidation sites excluding steroid dienone is 1. The number of aryl methyl sites for hydroxylation is 1. The van der Waals surface area contributed by atoms with Gasteiger partial charge in [-0.15, -0.1) is 22.7 Å². The lowest BCUT2D eigenvalue weighted by molar-refractivity contribution is 0.596. The molecule has 0 aliphatic carbocycles. The van der Waals surface area contributed by atoms with E-state index in [0.717, 1.165) is 20.7 Å². The quantitative estimate of drug-likeness (QED) is 0.484. The van der Waals surface area contributed by atoms with Crippen molar-refractivity contribution in [2.24, 2.45) is 4.40 Å². The molecule has 0 saturated carbocycles. The summed E-state index contributed by atoms with van der Waals surface area (Å²) in [6.07, 6.45) is 3.76. The highest BCUT2D eigenvalue weighted by Gasteiger charge is 2.14. The zero-order valence-corrected chi connectivity index (χ0v) is 16.4. The summed E-state index contributed by atoms with van der Waals surface area (Å²) in [5, 5.41) is 0. The van der Waals surface area contributed by atoms with Gasteiger partial charge in [-0.2, -0.15) is 8.42 Å². The average molecular weight is 391 g/mol. The van der Waals surface area contributed by atoms with Crippen LogP contribution in [0.25, 0.3) is 10.2 Å². The zero-order chi connectivity index (χ0) is 18.0. The fourth-order valence-electron chi connectivity index (χ4n) is 2.42. The highest BCUT2D eigenvalue weighted by atomic mass is 32.2. The second-order valence-electron chi connectivity index (χ2n) is 5.50. The predicted molar refractivity (Wildman–Crippen MR) is 106 cm³/mol. The van der Waals surface area contributed by atoms with Gasteiger partial charge in [0.05, 0.1) is 15.1 Å². The van der Waals surface area contributed by atoms with Crippen molar-refractivity contribution in [3.05, 3.63) is 65.5 Å². The Morgan fingerprint density at radius 3 is 2.60 bits per heavy atom. The van der Waals surface area contributed by atoms with E-state index in [-0.39, 0.29) is 4.90 Å². The number of fused-ring (bicyclic) bond motifs is 1. The normalized spacial score (nSPS) is 12.6. The molecule has 2 aromatic carbocycles. The van der Waals surface area contributed by atoms with Crippen LogP contribution in [0, 0.1) is 6.92 Å². The summed E-state index contributed by atoms with van der Waals surface area (Å²) < 4.78 is 32.3. The van der Waals surface area contributed by atoms with Crippen LogP contribution in [0.4, 0.5) is 0 Å². The molecule has 0 N–H and O–H groups in total. The second-order valence-corrected chi connectivity index (χ2v) is 8.99. The number of nitrogens with zero attached hydrogens (tertiary/aromatic N) is 2. The lowest BCUT2D eigenvalue weighted by atomic mass is 10.2. The lowest BCUT2D eigenvalue weighted by Crippen LogP contribution is -2.16. The van der Waals surface area contributed by atoms with Crippen molar-refractivity contribution < 1.29 is 8.42 Å². The SMILES string of the molecule is C=CCn1c(=NS(=O)(=O)c2ccc(C)cc2)sc2cc(SC)ccc21. The standard InChI is InChI=1S/C18H18N2O2S3/c1-4-11-20-16-10-7-14(23-3)12-17(16)24-18(20)19-25(21,22)15-8-5-13(2)6-9-15/h4-10,12H,1,11H2,2-3H3. The second kappa shape index (κ2) is 7.19. The maximum absolute atomic E-state index is 12.7. The lowest BCUT2D eigenvalue weighted by Gasteiger charge is -2.02. The molecule has 130 valence electrons. The first kappa shape index (κ1) is 18.0. The molecule has 0 spiro atoms. The van der Waals surface area contributed by atoms with E-state index in [1.54, 1.807) is 42.1 Å².